The average Bonchev–Trinajstić information content (AvgIpc) is 2.35. The minimum atomic E-state index is -0.459. The van der Waals surface area contributed by atoms with Crippen molar-refractivity contribution in [1.29, 1.82) is 0 Å². The van der Waals surface area contributed by atoms with Crippen LogP contribution < -0.4 is 9.47 Å². The number of hydrogen-bond donors (Lipinski definition) is 0. The molecule has 0 bridgehead atoms. The Morgan fingerprint density at radius 3 is 2.31 bits per heavy atom. The molecule has 1 unspecified atom stereocenters. The van der Waals surface area contributed by atoms with Gasteiger partial charge in [0.15, 0.2) is 0 Å². The molecule has 0 radical (unpaired) electrons. The van der Waals surface area contributed by atoms with Crippen LogP contribution in [0.2, 0.25) is 0 Å². The maximum atomic E-state index is 11.1. The molecule has 0 aromatic heterocycles. The highest BCUT2D eigenvalue weighted by atomic mass is 79.9. The van der Waals surface area contributed by atoms with Crippen molar-refractivity contribution in [3.05, 3.63) is 24.3 Å². The molecule has 0 saturated heterocycles. The van der Waals surface area contributed by atoms with Crippen molar-refractivity contribution in [2.75, 3.05) is 20.8 Å². The Kier molecular flexibility index (Phi) is 5.11. The first-order chi connectivity index (χ1) is 7.67. The summed E-state index contributed by atoms with van der Waals surface area (Å²) in [5, 5.41) is 0. The summed E-state index contributed by atoms with van der Waals surface area (Å²) in [5.74, 6) is 1.08. The van der Waals surface area contributed by atoms with E-state index in [-0.39, 0.29) is 12.6 Å². The van der Waals surface area contributed by atoms with Crippen LogP contribution in [-0.4, -0.2) is 31.6 Å². The number of methoxy groups -OCH3 is 2. The van der Waals surface area contributed by atoms with Crippen molar-refractivity contribution < 1.29 is 19.0 Å². The van der Waals surface area contributed by atoms with E-state index in [1.54, 1.807) is 31.4 Å². The molecule has 4 nitrogen and oxygen atoms in total. The SMILES string of the molecule is COC(=O)C(Br)COc1ccc(OC)cc1. The number of hydrogen-bond acceptors (Lipinski definition) is 4. The molecule has 0 aliphatic carbocycles. The molecule has 0 fully saturated rings. The zero-order chi connectivity index (χ0) is 12.0. The first kappa shape index (κ1) is 12.8. The molecule has 0 saturated carbocycles. The van der Waals surface area contributed by atoms with Crippen molar-refractivity contribution in [3.8, 4) is 11.5 Å². The lowest BCUT2D eigenvalue weighted by Gasteiger charge is -2.10. The second-order valence-corrected chi connectivity index (χ2v) is 4.08. The summed E-state index contributed by atoms with van der Waals surface area (Å²) in [6.07, 6.45) is 0. The van der Waals surface area contributed by atoms with E-state index in [9.17, 15) is 4.79 Å². The van der Waals surface area contributed by atoms with Crippen LogP contribution in [0.1, 0.15) is 0 Å². The number of carbonyl (C=O) groups is 1. The van der Waals surface area contributed by atoms with Gasteiger partial charge in [-0.15, -0.1) is 0 Å². The lowest BCUT2D eigenvalue weighted by Crippen LogP contribution is -2.22. The summed E-state index contributed by atoms with van der Waals surface area (Å²) in [6, 6.07) is 7.12. The van der Waals surface area contributed by atoms with Crippen LogP contribution in [0.15, 0.2) is 24.3 Å². The van der Waals surface area contributed by atoms with E-state index in [1.165, 1.54) is 7.11 Å². The molecule has 88 valence electrons. The van der Waals surface area contributed by atoms with Gasteiger partial charge in [-0.1, -0.05) is 15.9 Å². The zero-order valence-corrected chi connectivity index (χ0v) is 10.7. The van der Waals surface area contributed by atoms with E-state index in [0.29, 0.717) is 5.75 Å². The molecule has 0 aliphatic rings. The molecule has 16 heavy (non-hydrogen) atoms. The van der Waals surface area contributed by atoms with Gasteiger partial charge in [0.05, 0.1) is 14.2 Å². The highest BCUT2D eigenvalue weighted by Crippen LogP contribution is 2.17. The molecule has 0 heterocycles. The molecule has 0 N–H and O–H groups in total. The average molecular weight is 289 g/mol. The Morgan fingerprint density at radius 1 is 1.25 bits per heavy atom. The molecular weight excluding hydrogens is 276 g/mol. The predicted molar refractivity (Wildman–Crippen MR) is 63.2 cm³/mol. The van der Waals surface area contributed by atoms with Crippen LogP contribution in [0.3, 0.4) is 0 Å². The fourth-order valence-electron chi connectivity index (χ4n) is 1.04. The van der Waals surface area contributed by atoms with Gasteiger partial charge in [0.2, 0.25) is 0 Å². The van der Waals surface area contributed by atoms with Gasteiger partial charge >= 0.3 is 5.97 Å². The van der Waals surface area contributed by atoms with E-state index in [0.717, 1.165) is 5.75 Å². The lowest BCUT2D eigenvalue weighted by atomic mass is 10.3. The molecule has 0 amide bonds. The summed E-state index contributed by atoms with van der Waals surface area (Å²) in [6.45, 7) is 0.221. The van der Waals surface area contributed by atoms with E-state index in [2.05, 4.69) is 20.7 Å². The number of rotatable bonds is 5. The maximum absolute atomic E-state index is 11.1. The van der Waals surface area contributed by atoms with Gasteiger partial charge in [-0.05, 0) is 24.3 Å². The second kappa shape index (κ2) is 6.37. The number of esters is 1. The molecule has 0 aliphatic heterocycles. The summed E-state index contributed by atoms with van der Waals surface area (Å²) in [4.78, 5) is 10.6. The van der Waals surface area contributed by atoms with E-state index >= 15 is 0 Å². The van der Waals surface area contributed by atoms with Crippen LogP contribution in [-0.2, 0) is 9.53 Å². The number of carbonyl (C=O) groups excluding carboxylic acids is 1. The number of ether oxygens (including phenoxy) is 3. The van der Waals surface area contributed by atoms with Crippen LogP contribution in [0.25, 0.3) is 0 Å². The van der Waals surface area contributed by atoms with Gasteiger partial charge in [-0.3, -0.25) is 4.79 Å². The Balaban J connectivity index is 2.45. The normalized spacial score (nSPS) is 11.7. The zero-order valence-electron chi connectivity index (χ0n) is 9.10. The van der Waals surface area contributed by atoms with Crippen molar-refractivity contribution in [2.24, 2.45) is 0 Å². The minimum Gasteiger partial charge on any atom is -0.497 e. The largest absolute Gasteiger partial charge is 0.497 e. The summed E-state index contributed by atoms with van der Waals surface area (Å²) in [5.41, 5.74) is 0. The smallest absolute Gasteiger partial charge is 0.322 e. The van der Waals surface area contributed by atoms with Crippen molar-refractivity contribution >= 4 is 21.9 Å². The molecule has 0 spiro atoms. The third-order valence-electron chi connectivity index (χ3n) is 1.91. The molecule has 1 atom stereocenters. The summed E-state index contributed by atoms with van der Waals surface area (Å²) in [7, 11) is 2.94. The lowest BCUT2D eigenvalue weighted by molar-refractivity contribution is -0.140. The fourth-order valence-corrected chi connectivity index (χ4v) is 1.36. The molecule has 5 heteroatoms. The van der Waals surface area contributed by atoms with Gasteiger partial charge in [0, 0.05) is 0 Å². The molecule has 1 aromatic carbocycles. The van der Waals surface area contributed by atoms with Gasteiger partial charge in [0.25, 0.3) is 0 Å². The summed E-state index contributed by atoms with van der Waals surface area (Å²) >= 11 is 3.16. The fraction of sp³-hybridized carbons (Fsp3) is 0.364. The molecule has 1 aromatic rings. The monoisotopic (exact) mass is 288 g/mol. The Labute approximate surface area is 103 Å². The van der Waals surface area contributed by atoms with Gasteiger partial charge in [-0.2, -0.15) is 0 Å². The second-order valence-electron chi connectivity index (χ2n) is 2.98. The van der Waals surface area contributed by atoms with Crippen molar-refractivity contribution in [2.45, 2.75) is 4.83 Å². The number of halogens is 1. The van der Waals surface area contributed by atoms with Crippen LogP contribution >= 0.6 is 15.9 Å². The van der Waals surface area contributed by atoms with E-state index < -0.39 is 4.83 Å². The van der Waals surface area contributed by atoms with Crippen molar-refractivity contribution in [3.63, 3.8) is 0 Å². The van der Waals surface area contributed by atoms with Crippen LogP contribution in [0, 0.1) is 0 Å². The third-order valence-corrected chi connectivity index (χ3v) is 2.55. The standard InChI is InChI=1S/C11H13BrO4/c1-14-8-3-5-9(6-4-8)16-7-10(12)11(13)15-2/h3-6,10H,7H2,1-2H3. The quantitative estimate of drug-likeness (QED) is 0.614. The number of alkyl halides is 1. The Hall–Kier alpha value is -1.23. The maximum Gasteiger partial charge on any atom is 0.322 e. The first-order valence-corrected chi connectivity index (χ1v) is 5.57. The molecular formula is C11H13BrO4. The van der Waals surface area contributed by atoms with Crippen LogP contribution in [0.5, 0.6) is 11.5 Å². The van der Waals surface area contributed by atoms with Gasteiger partial charge in [-0.25, -0.2) is 0 Å². The van der Waals surface area contributed by atoms with Gasteiger partial charge < -0.3 is 14.2 Å². The third kappa shape index (κ3) is 3.73. The Bertz CT molecular complexity index is 336. The topological polar surface area (TPSA) is 44.8 Å². The predicted octanol–water partition coefficient (Wildman–Crippen LogP) is 2.01. The minimum absolute atomic E-state index is 0.221. The highest BCUT2D eigenvalue weighted by molar-refractivity contribution is 9.10. The van der Waals surface area contributed by atoms with Gasteiger partial charge in [0.1, 0.15) is 22.9 Å². The number of benzene rings is 1. The molecule has 1 rings (SSSR count). The van der Waals surface area contributed by atoms with Crippen LogP contribution in [0.4, 0.5) is 0 Å². The first-order valence-electron chi connectivity index (χ1n) is 4.66. The summed E-state index contributed by atoms with van der Waals surface area (Å²) < 4.78 is 14.9. The Morgan fingerprint density at radius 2 is 1.81 bits per heavy atom. The highest BCUT2D eigenvalue weighted by Gasteiger charge is 2.15. The van der Waals surface area contributed by atoms with Crippen molar-refractivity contribution in [1.82, 2.24) is 0 Å². The van der Waals surface area contributed by atoms with E-state index in [4.69, 9.17) is 9.47 Å². The van der Waals surface area contributed by atoms with E-state index in [1.807, 2.05) is 0 Å².